The van der Waals surface area contributed by atoms with E-state index < -0.39 is 0 Å². The third-order valence-electron chi connectivity index (χ3n) is 6.40. The summed E-state index contributed by atoms with van der Waals surface area (Å²) in [5, 5.41) is 0. The Bertz CT molecular complexity index is 475. The topological polar surface area (TPSA) is 17.1 Å². The second-order valence-electron chi connectivity index (χ2n) is 7.68. The first kappa shape index (κ1) is 17.6. The van der Waals surface area contributed by atoms with Gasteiger partial charge < -0.3 is 0 Å². The van der Waals surface area contributed by atoms with Crippen molar-refractivity contribution in [1.29, 1.82) is 0 Å². The van der Waals surface area contributed by atoms with Crippen molar-refractivity contribution >= 4 is 5.78 Å². The predicted octanol–water partition coefficient (Wildman–Crippen LogP) is 4.92. The van der Waals surface area contributed by atoms with Gasteiger partial charge in [-0.05, 0) is 99.2 Å². The van der Waals surface area contributed by atoms with Crippen LogP contribution < -0.4 is 0 Å². The van der Waals surface area contributed by atoms with E-state index in [0.29, 0.717) is 12.2 Å². The molecule has 1 nitrogen and oxygen atoms in total. The molecule has 126 valence electrons. The van der Waals surface area contributed by atoms with Gasteiger partial charge in [-0.25, -0.2) is 0 Å². The van der Waals surface area contributed by atoms with Crippen LogP contribution in [0.5, 0.6) is 0 Å². The molecular formula is C22H24FeO. The molecule has 4 bridgehead atoms. The maximum atomic E-state index is 12.9. The molecule has 0 unspecified atom stereocenters. The van der Waals surface area contributed by atoms with Crippen molar-refractivity contribution in [2.24, 2.45) is 0 Å². The van der Waals surface area contributed by atoms with E-state index in [4.69, 9.17) is 0 Å². The van der Waals surface area contributed by atoms with E-state index in [9.17, 15) is 4.79 Å². The summed E-state index contributed by atoms with van der Waals surface area (Å²) in [5.41, 5.74) is 0. The number of ketones is 1. The molecule has 0 amide bonds. The van der Waals surface area contributed by atoms with Crippen LogP contribution >= 0.6 is 0 Å². The number of rotatable bonds is 0. The van der Waals surface area contributed by atoms with Gasteiger partial charge in [-0.15, -0.1) is 0 Å². The standard InChI is InChI=1S/C22H24O.Fe/c23-22-11-10-16-12-14-4-1-5-15-13-21(22)20-9-3-7-18(16)17(14)6-2-8-19(15)20;/h12-13H,1-11H2;. The molecule has 0 saturated heterocycles. The number of hydrogen-bond donors (Lipinski definition) is 0. The summed E-state index contributed by atoms with van der Waals surface area (Å²) in [7, 11) is 0. The number of Topliss-reactive ketones (excluding diaryl/α,β-unsaturated/α-hetero) is 1. The zero-order valence-electron chi connectivity index (χ0n) is 14.2. The summed E-state index contributed by atoms with van der Waals surface area (Å²) >= 11 is 0. The van der Waals surface area contributed by atoms with Crippen molar-refractivity contribution in [2.45, 2.75) is 70.6 Å². The van der Waals surface area contributed by atoms with Crippen LogP contribution in [-0.4, -0.2) is 5.78 Å². The SMILES string of the molecule is O=C1CC[C]2[CH][C]3CCC[C]4[CH][C]1[C]1CCC[C]2[C]3CCC[C]41.[Fe]. The van der Waals surface area contributed by atoms with Gasteiger partial charge in [-0.3, -0.25) is 4.79 Å². The van der Waals surface area contributed by atoms with Gasteiger partial charge in [0.2, 0.25) is 0 Å². The Morgan fingerprint density at radius 1 is 0.542 bits per heavy atom. The molecule has 0 aromatic rings. The van der Waals surface area contributed by atoms with Crippen LogP contribution in [0.2, 0.25) is 0 Å². The molecule has 10 radical (unpaired) electrons. The molecule has 0 aliphatic heterocycles. The molecule has 0 N–H and O–H groups in total. The van der Waals surface area contributed by atoms with Gasteiger partial charge in [0.05, 0.1) is 5.92 Å². The number of carbonyl (C=O) groups excluding carboxylic acids is 1. The summed E-state index contributed by atoms with van der Waals surface area (Å²) in [5.74, 6) is 12.4. The minimum absolute atomic E-state index is 0. The molecular weight excluding hydrogens is 336 g/mol. The second-order valence-corrected chi connectivity index (χ2v) is 7.68. The largest absolute Gasteiger partial charge is 0.299 e. The van der Waals surface area contributed by atoms with E-state index in [1.807, 2.05) is 0 Å². The summed E-state index contributed by atoms with van der Waals surface area (Å²) in [6, 6.07) is 0. The van der Waals surface area contributed by atoms with E-state index in [0.717, 1.165) is 25.2 Å². The van der Waals surface area contributed by atoms with E-state index in [2.05, 4.69) is 12.8 Å². The average Bonchev–Trinajstić information content (AvgIpc) is 3.07. The molecule has 5 saturated carbocycles. The van der Waals surface area contributed by atoms with Crippen LogP contribution in [0.3, 0.4) is 0 Å². The van der Waals surface area contributed by atoms with Crippen molar-refractivity contribution in [3.05, 3.63) is 60.2 Å². The van der Waals surface area contributed by atoms with Gasteiger partial charge in [0.15, 0.2) is 0 Å². The molecule has 5 fully saturated rings. The average molecular weight is 360 g/mol. The fraction of sp³-hybridized carbons (Fsp3) is 0.500. The maximum absolute atomic E-state index is 12.9. The zero-order chi connectivity index (χ0) is 15.4. The molecule has 0 atom stereocenters. The normalized spacial score (nSPS) is 32.6. The van der Waals surface area contributed by atoms with Crippen LogP contribution in [0, 0.1) is 60.2 Å². The Morgan fingerprint density at radius 3 is 1.75 bits per heavy atom. The predicted molar refractivity (Wildman–Crippen MR) is 90.3 cm³/mol. The minimum atomic E-state index is 0. The third-order valence-corrected chi connectivity index (χ3v) is 6.40. The van der Waals surface area contributed by atoms with Crippen molar-refractivity contribution in [3.8, 4) is 0 Å². The van der Waals surface area contributed by atoms with E-state index in [-0.39, 0.29) is 17.1 Å². The molecule has 5 rings (SSSR count). The first-order chi connectivity index (χ1) is 11.3. The summed E-state index contributed by atoms with van der Waals surface area (Å²) in [6.07, 6.45) is 17.2. The van der Waals surface area contributed by atoms with Crippen molar-refractivity contribution in [3.63, 3.8) is 0 Å². The number of hydrogen-bond acceptors (Lipinski definition) is 1. The fourth-order valence-corrected chi connectivity index (χ4v) is 5.35. The van der Waals surface area contributed by atoms with Crippen LogP contribution in [-0.2, 0) is 21.9 Å². The molecule has 24 heavy (non-hydrogen) atoms. The van der Waals surface area contributed by atoms with Gasteiger partial charge in [0.25, 0.3) is 0 Å². The quantitative estimate of drug-likeness (QED) is 0.561. The molecule has 5 aliphatic carbocycles. The van der Waals surface area contributed by atoms with E-state index >= 15 is 0 Å². The van der Waals surface area contributed by atoms with Gasteiger partial charge in [-0.2, -0.15) is 0 Å². The summed E-state index contributed by atoms with van der Waals surface area (Å²) in [4.78, 5) is 12.9. The molecule has 0 spiro atoms. The van der Waals surface area contributed by atoms with Crippen molar-refractivity contribution in [2.75, 3.05) is 0 Å². The van der Waals surface area contributed by atoms with Crippen LogP contribution in [0.4, 0.5) is 0 Å². The zero-order valence-corrected chi connectivity index (χ0v) is 15.3. The van der Waals surface area contributed by atoms with Gasteiger partial charge in [-0.1, -0.05) is 19.3 Å². The smallest absolute Gasteiger partial charge is 0.141 e. The molecule has 0 heterocycles. The molecule has 0 aromatic carbocycles. The van der Waals surface area contributed by atoms with Crippen LogP contribution in [0.15, 0.2) is 0 Å². The second kappa shape index (κ2) is 7.07. The van der Waals surface area contributed by atoms with E-state index in [1.54, 1.807) is 23.7 Å². The summed E-state index contributed by atoms with van der Waals surface area (Å²) in [6.45, 7) is 0. The van der Waals surface area contributed by atoms with Crippen molar-refractivity contribution < 1.29 is 21.9 Å². The van der Waals surface area contributed by atoms with Gasteiger partial charge >= 0.3 is 0 Å². The number of fused-ring (bicyclic) bond motifs is 4. The van der Waals surface area contributed by atoms with E-state index in [1.165, 1.54) is 62.7 Å². The summed E-state index contributed by atoms with van der Waals surface area (Å²) < 4.78 is 0. The first-order valence-electron chi connectivity index (χ1n) is 9.44. The molecule has 5 aliphatic rings. The maximum Gasteiger partial charge on any atom is 0.141 e. The van der Waals surface area contributed by atoms with Crippen LogP contribution in [0.25, 0.3) is 0 Å². The molecule has 2 heteroatoms. The van der Waals surface area contributed by atoms with Gasteiger partial charge in [0, 0.05) is 23.5 Å². The Labute approximate surface area is 158 Å². The third kappa shape index (κ3) is 2.84. The Hall–Kier alpha value is 0.189. The Morgan fingerprint density at radius 2 is 1.04 bits per heavy atom. The monoisotopic (exact) mass is 360 g/mol. The fourth-order valence-electron chi connectivity index (χ4n) is 5.35. The number of carbonyl (C=O) groups is 1. The Balaban J connectivity index is 0.00000146. The van der Waals surface area contributed by atoms with Crippen LogP contribution in [0.1, 0.15) is 70.6 Å². The molecule has 0 aromatic heterocycles. The Kier molecular flexibility index (Phi) is 5.18. The van der Waals surface area contributed by atoms with Gasteiger partial charge in [0.1, 0.15) is 5.78 Å². The first-order valence-corrected chi connectivity index (χ1v) is 9.44. The minimum Gasteiger partial charge on any atom is -0.299 e. The van der Waals surface area contributed by atoms with Crippen molar-refractivity contribution in [1.82, 2.24) is 0 Å².